The number of rotatable bonds is 13. The molecule has 0 amide bonds. The normalized spacial score (nSPS) is 10.7. The van der Waals surface area contributed by atoms with Gasteiger partial charge in [-0.2, -0.15) is 0 Å². The van der Waals surface area contributed by atoms with Gasteiger partial charge in [-0.1, -0.05) is 109 Å². The smallest absolute Gasteiger partial charge is 0.341 e. The van der Waals surface area contributed by atoms with Gasteiger partial charge >= 0.3 is 17.9 Å². The van der Waals surface area contributed by atoms with Crippen LogP contribution in [-0.4, -0.2) is 46.9 Å². The Kier molecular flexibility index (Phi) is 18.8. The monoisotopic (exact) mass is 977 g/mol. The van der Waals surface area contributed by atoms with Crippen LogP contribution in [0, 0.1) is 27.7 Å². The van der Waals surface area contributed by atoms with Gasteiger partial charge in [0.15, 0.2) is 10.9 Å². The average Bonchev–Trinajstić information content (AvgIpc) is 3.26. The highest BCUT2D eigenvalue weighted by Gasteiger charge is 2.26. The van der Waals surface area contributed by atoms with Crippen molar-refractivity contribution in [3.63, 3.8) is 0 Å². The van der Waals surface area contributed by atoms with Gasteiger partial charge in [0, 0.05) is 80.1 Å². The van der Waals surface area contributed by atoms with Gasteiger partial charge in [-0.25, -0.2) is 14.4 Å². The molecule has 0 unspecified atom stereocenters. The lowest BCUT2D eigenvalue weighted by atomic mass is 10.0. The minimum absolute atomic E-state index is 0.0694. The van der Waals surface area contributed by atoms with E-state index in [1.165, 1.54) is 6.07 Å². The van der Waals surface area contributed by atoms with E-state index in [0.717, 1.165) is 37.1 Å². The highest BCUT2D eigenvalue weighted by atomic mass is 35.5. The summed E-state index contributed by atoms with van der Waals surface area (Å²) < 4.78 is 5.47. The van der Waals surface area contributed by atoms with Gasteiger partial charge < -0.3 is 29.0 Å². The highest BCUT2D eigenvalue weighted by Crippen LogP contribution is 2.30. The number of carboxylic acid groups (broad SMARTS) is 3. The molecule has 0 atom stereocenters. The fraction of sp³-hybridized carbons (Fsp3) is 0.280. The maximum Gasteiger partial charge on any atom is 0.341 e. The lowest BCUT2D eigenvalue weighted by Gasteiger charge is -2.19. The van der Waals surface area contributed by atoms with E-state index in [2.05, 4.69) is 6.92 Å². The molecule has 3 N–H and O–H groups in total. The number of unbranched alkanes of at least 4 members (excludes halogenated alkanes) is 3. The van der Waals surface area contributed by atoms with Crippen LogP contribution in [0.15, 0.2) is 93.2 Å². The van der Waals surface area contributed by atoms with Crippen LogP contribution < -0.4 is 16.3 Å². The summed E-state index contributed by atoms with van der Waals surface area (Å²) in [5.41, 5.74) is 3.18. The number of halogens is 4. The molecule has 0 saturated heterocycles. The molecule has 6 aromatic rings. The number of hydrogen-bond acceptors (Lipinski definition) is 6. The second kappa shape index (κ2) is 23.5. The second-order valence-corrected chi connectivity index (χ2v) is 16.9. The fourth-order valence-corrected chi connectivity index (χ4v) is 8.49. The summed E-state index contributed by atoms with van der Waals surface area (Å²) >= 11 is 24.0. The zero-order chi connectivity index (χ0) is 49.2. The minimum Gasteiger partial charge on any atom is -0.477 e. The number of aromatic carboxylic acids is 3. The Labute approximate surface area is 402 Å². The molecule has 0 spiro atoms. The number of nitrogens with zero attached hydrogens (tertiary/aromatic N) is 3. The standard InChI is InChI=1S/C19H22ClNO3.C16H16ClNO3.C15H13Cl2NO3/c1-3-4-5-6-10-21-13(2)11-16(22)17(19(23)24)18(21)14-8-7-9-15(20)12-14;1-4-18-10(3)9(2)15(19)13(16(20)21)14(18)11-6-5-7-12(17)8-11;1-3-18-8(2)12(17)14(19)11(15(20)21)13(18)9-5-4-6-10(16)7-9/h7-9,11-12H,3-6,10H2,1-2H3,(H,23,24);5-8H,4H2,1-3H3,(H,20,21);4-7H,3H2,1-2H3,(H,20,21). The van der Waals surface area contributed by atoms with Gasteiger partial charge in [-0.05, 0) is 84.4 Å². The molecule has 0 fully saturated rings. The summed E-state index contributed by atoms with van der Waals surface area (Å²) in [5.74, 6) is -3.74. The molecule has 3 aromatic carbocycles. The van der Waals surface area contributed by atoms with E-state index in [4.69, 9.17) is 46.4 Å². The number of aromatic nitrogens is 3. The van der Waals surface area contributed by atoms with Crippen molar-refractivity contribution in [3.05, 3.63) is 169 Å². The number of carboxylic acids is 3. The van der Waals surface area contributed by atoms with E-state index in [1.54, 1.807) is 91.2 Å². The average molecular weight is 980 g/mol. The van der Waals surface area contributed by atoms with Gasteiger partial charge in [0.25, 0.3) is 0 Å². The maximum atomic E-state index is 12.4. The first-order chi connectivity index (χ1) is 31.2. The molecule has 0 aliphatic heterocycles. The quantitative estimate of drug-likeness (QED) is 0.0950. The molecule has 16 heteroatoms. The molecular formula is C50H51Cl4N3O9. The highest BCUT2D eigenvalue weighted by molar-refractivity contribution is 6.32. The third-order valence-electron chi connectivity index (χ3n) is 11.0. The van der Waals surface area contributed by atoms with Crippen LogP contribution >= 0.6 is 46.4 Å². The fourth-order valence-electron chi connectivity index (χ4n) is 7.72. The number of aryl methyl sites for hydroxylation is 1. The van der Waals surface area contributed by atoms with Crippen molar-refractivity contribution in [2.24, 2.45) is 0 Å². The van der Waals surface area contributed by atoms with Crippen molar-refractivity contribution in [2.75, 3.05) is 0 Å². The van der Waals surface area contributed by atoms with Gasteiger partial charge in [0.05, 0.1) is 17.1 Å². The molecule has 12 nitrogen and oxygen atoms in total. The lowest BCUT2D eigenvalue weighted by molar-refractivity contribution is 0.0684. The van der Waals surface area contributed by atoms with E-state index < -0.39 is 34.2 Å². The topological polar surface area (TPSA) is 178 Å². The summed E-state index contributed by atoms with van der Waals surface area (Å²) in [5, 5.41) is 29.8. The summed E-state index contributed by atoms with van der Waals surface area (Å²) in [4.78, 5) is 71.6. The van der Waals surface area contributed by atoms with E-state index in [1.807, 2.05) is 36.8 Å². The Morgan fingerprint density at radius 1 is 0.515 bits per heavy atom. The summed E-state index contributed by atoms with van der Waals surface area (Å²) in [6.07, 6.45) is 4.27. The molecule has 348 valence electrons. The van der Waals surface area contributed by atoms with Crippen LogP contribution in [0.25, 0.3) is 33.8 Å². The molecule has 3 heterocycles. The van der Waals surface area contributed by atoms with Crippen molar-refractivity contribution in [1.29, 1.82) is 0 Å². The van der Waals surface area contributed by atoms with Crippen LogP contribution in [-0.2, 0) is 19.6 Å². The number of benzene rings is 3. The maximum absolute atomic E-state index is 12.4. The first kappa shape index (κ1) is 52.7. The summed E-state index contributed by atoms with van der Waals surface area (Å²) in [7, 11) is 0. The van der Waals surface area contributed by atoms with Crippen molar-refractivity contribution in [2.45, 2.75) is 93.8 Å². The lowest BCUT2D eigenvalue weighted by Crippen LogP contribution is -2.25. The zero-order valence-electron chi connectivity index (χ0n) is 37.6. The molecular weight excluding hydrogens is 928 g/mol. The Morgan fingerprint density at radius 3 is 1.32 bits per heavy atom. The first-order valence-corrected chi connectivity index (χ1v) is 22.6. The van der Waals surface area contributed by atoms with E-state index in [-0.39, 0.29) is 21.7 Å². The number of carbonyl (C=O) groups is 3. The third kappa shape index (κ3) is 11.9. The Morgan fingerprint density at radius 2 is 0.924 bits per heavy atom. The molecule has 0 saturated carbocycles. The predicted molar refractivity (Wildman–Crippen MR) is 264 cm³/mol. The van der Waals surface area contributed by atoms with Gasteiger partial charge in [-0.15, -0.1) is 0 Å². The van der Waals surface area contributed by atoms with Crippen molar-refractivity contribution in [1.82, 2.24) is 13.7 Å². The van der Waals surface area contributed by atoms with E-state index in [9.17, 15) is 44.1 Å². The van der Waals surface area contributed by atoms with Gasteiger partial charge in [-0.3, -0.25) is 14.4 Å². The number of hydrogen-bond donors (Lipinski definition) is 3. The molecule has 0 aliphatic rings. The Balaban J connectivity index is 0.000000217. The molecule has 0 radical (unpaired) electrons. The molecule has 3 aromatic heterocycles. The Bertz CT molecular complexity index is 2860. The Hall–Kier alpha value is -5.92. The van der Waals surface area contributed by atoms with Crippen molar-refractivity contribution >= 4 is 64.3 Å². The predicted octanol–water partition coefficient (Wildman–Crippen LogP) is 12.1. The summed E-state index contributed by atoms with van der Waals surface area (Å²) in [6.45, 7) is 14.6. The van der Waals surface area contributed by atoms with Crippen LogP contribution in [0.1, 0.15) is 100 Å². The first-order valence-electron chi connectivity index (χ1n) is 21.1. The van der Waals surface area contributed by atoms with Crippen LogP contribution in [0.3, 0.4) is 0 Å². The molecule has 0 aliphatic carbocycles. The van der Waals surface area contributed by atoms with Crippen molar-refractivity contribution < 1.29 is 29.7 Å². The summed E-state index contributed by atoms with van der Waals surface area (Å²) in [6, 6.07) is 22.0. The van der Waals surface area contributed by atoms with Crippen molar-refractivity contribution in [3.8, 4) is 33.8 Å². The third-order valence-corrected chi connectivity index (χ3v) is 12.2. The van der Waals surface area contributed by atoms with Crippen LogP contribution in [0.5, 0.6) is 0 Å². The van der Waals surface area contributed by atoms with Crippen LogP contribution in [0.2, 0.25) is 20.1 Å². The van der Waals surface area contributed by atoms with Gasteiger partial charge in [0.2, 0.25) is 5.43 Å². The second-order valence-electron chi connectivity index (χ2n) is 15.2. The zero-order valence-corrected chi connectivity index (χ0v) is 40.6. The van der Waals surface area contributed by atoms with Crippen LogP contribution in [0.4, 0.5) is 0 Å². The SMILES string of the molecule is CCCCCCn1c(C)cc(=O)c(C(=O)O)c1-c1cccc(Cl)c1.CCn1c(C)c(C)c(=O)c(C(=O)O)c1-c1cccc(Cl)c1.CCn1c(C)c(Cl)c(=O)c(C(=O)O)c1-c1cccc(Cl)c1. The number of pyridine rings is 3. The molecule has 66 heavy (non-hydrogen) atoms. The van der Waals surface area contributed by atoms with E-state index in [0.29, 0.717) is 79.7 Å². The largest absolute Gasteiger partial charge is 0.477 e. The van der Waals surface area contributed by atoms with E-state index >= 15 is 0 Å². The molecule has 6 rings (SSSR count). The molecule has 0 bridgehead atoms. The minimum atomic E-state index is -1.31. The van der Waals surface area contributed by atoms with Gasteiger partial charge in [0.1, 0.15) is 21.7 Å².